The Morgan fingerprint density at radius 3 is 2.62 bits per heavy atom. The number of nitrogens with one attached hydrogen (secondary N) is 1. The van der Waals surface area contributed by atoms with Gasteiger partial charge < -0.3 is 9.30 Å². The van der Waals surface area contributed by atoms with Crippen LogP contribution in [0.1, 0.15) is 39.3 Å². The number of rotatable bonds is 8. The molecule has 1 heterocycles. The molecule has 2 atom stereocenters. The third-order valence-corrected chi connectivity index (χ3v) is 7.60. The summed E-state index contributed by atoms with van der Waals surface area (Å²) in [6, 6.07) is 7.33. The highest BCUT2D eigenvalue weighted by atomic mass is 32.2. The Labute approximate surface area is 161 Å². The number of benzene rings is 1. The fourth-order valence-corrected chi connectivity index (χ4v) is 3.96. The van der Waals surface area contributed by atoms with Crippen LogP contribution < -0.4 is 4.72 Å². The average Bonchev–Trinajstić information content (AvgIpc) is 2.92. The molecule has 0 saturated carbocycles. The van der Waals surface area contributed by atoms with Gasteiger partial charge in [0.25, 0.3) is 0 Å². The van der Waals surface area contributed by atoms with Crippen LogP contribution in [-0.4, -0.2) is 33.2 Å². The zero-order valence-corrected chi connectivity index (χ0v) is 18.9. The molecule has 0 fully saturated rings. The summed E-state index contributed by atoms with van der Waals surface area (Å²) in [6.07, 6.45) is 1.83. The van der Waals surface area contributed by atoms with Gasteiger partial charge in [-0.05, 0) is 51.4 Å². The Morgan fingerprint density at radius 2 is 2.00 bits per heavy atom. The summed E-state index contributed by atoms with van der Waals surface area (Å²) in [5.41, 5.74) is 3.09. The molecule has 0 saturated heterocycles. The van der Waals surface area contributed by atoms with E-state index in [-0.39, 0.29) is 10.8 Å². The summed E-state index contributed by atoms with van der Waals surface area (Å²) in [6.45, 7) is 16.3. The minimum atomic E-state index is -1.11. The second-order valence-corrected chi connectivity index (χ2v) is 16.7. The minimum Gasteiger partial charge on any atom is -0.361 e. The highest BCUT2D eigenvalue weighted by Crippen LogP contribution is 2.22. The highest BCUT2D eigenvalue weighted by molar-refractivity contribution is 7.84. The Balaban J connectivity index is 2.08. The van der Waals surface area contributed by atoms with Gasteiger partial charge in [-0.3, -0.25) is 0 Å². The molecule has 0 amide bonds. The van der Waals surface area contributed by atoms with Gasteiger partial charge in [0.15, 0.2) is 0 Å². The predicted molar refractivity (Wildman–Crippen MR) is 113 cm³/mol. The molecule has 26 heavy (non-hydrogen) atoms. The van der Waals surface area contributed by atoms with Crippen molar-refractivity contribution in [2.45, 2.75) is 70.9 Å². The molecular weight excluding hydrogens is 362 g/mol. The SMILES string of the molecule is C[C@@H](N[S@@](=O)C(C)(C)C)c1ccc2ncn(COCC[Si](C)(C)C)c2c1. The number of nitrogens with zero attached hydrogens (tertiary/aromatic N) is 2. The van der Waals surface area contributed by atoms with Crippen molar-refractivity contribution in [3.05, 3.63) is 30.1 Å². The molecule has 7 heteroatoms. The Kier molecular flexibility index (Phi) is 6.82. The molecule has 1 aromatic carbocycles. The van der Waals surface area contributed by atoms with Crippen molar-refractivity contribution in [3.8, 4) is 0 Å². The first-order chi connectivity index (χ1) is 12.0. The van der Waals surface area contributed by atoms with Crippen molar-refractivity contribution < 1.29 is 8.95 Å². The lowest BCUT2D eigenvalue weighted by atomic mass is 10.1. The van der Waals surface area contributed by atoms with Gasteiger partial charge in [0.2, 0.25) is 0 Å². The second kappa shape index (κ2) is 8.33. The van der Waals surface area contributed by atoms with E-state index < -0.39 is 19.1 Å². The first-order valence-corrected chi connectivity index (χ1v) is 14.0. The second-order valence-electron chi connectivity index (χ2n) is 9.03. The largest absolute Gasteiger partial charge is 0.361 e. The molecular formula is C19H33N3O2SSi. The summed E-state index contributed by atoms with van der Waals surface area (Å²) in [5.74, 6) is 0. The molecule has 0 bridgehead atoms. The molecule has 1 aromatic heterocycles. The van der Waals surface area contributed by atoms with Crippen LogP contribution in [0, 0.1) is 0 Å². The molecule has 0 unspecified atom stereocenters. The van der Waals surface area contributed by atoms with E-state index in [1.54, 1.807) is 0 Å². The zero-order valence-electron chi connectivity index (χ0n) is 17.1. The zero-order chi connectivity index (χ0) is 19.5. The van der Waals surface area contributed by atoms with Gasteiger partial charge in [0, 0.05) is 20.7 Å². The van der Waals surface area contributed by atoms with E-state index in [9.17, 15) is 4.21 Å². The van der Waals surface area contributed by atoms with Crippen LogP contribution >= 0.6 is 0 Å². The number of hydrogen-bond donors (Lipinski definition) is 1. The summed E-state index contributed by atoms with van der Waals surface area (Å²) in [7, 11) is -2.18. The Morgan fingerprint density at radius 1 is 1.31 bits per heavy atom. The fourth-order valence-electron chi connectivity index (χ4n) is 2.39. The molecule has 0 spiro atoms. The maximum atomic E-state index is 12.3. The lowest BCUT2D eigenvalue weighted by molar-refractivity contribution is 0.0898. The Hall–Kier alpha value is -1.02. The first-order valence-electron chi connectivity index (χ1n) is 9.18. The van der Waals surface area contributed by atoms with Crippen molar-refractivity contribution in [1.29, 1.82) is 0 Å². The molecule has 5 nitrogen and oxygen atoms in total. The van der Waals surface area contributed by atoms with E-state index in [1.165, 1.54) is 0 Å². The average molecular weight is 396 g/mol. The van der Waals surface area contributed by atoms with Gasteiger partial charge in [-0.1, -0.05) is 25.7 Å². The van der Waals surface area contributed by atoms with Gasteiger partial charge in [-0.15, -0.1) is 0 Å². The van der Waals surface area contributed by atoms with Crippen molar-refractivity contribution >= 4 is 30.1 Å². The van der Waals surface area contributed by atoms with Crippen LogP contribution in [0.2, 0.25) is 25.7 Å². The number of hydrogen-bond acceptors (Lipinski definition) is 3. The van der Waals surface area contributed by atoms with Gasteiger partial charge in [0.05, 0.1) is 33.1 Å². The highest BCUT2D eigenvalue weighted by Gasteiger charge is 2.22. The van der Waals surface area contributed by atoms with E-state index in [0.717, 1.165) is 29.2 Å². The molecule has 0 aliphatic rings. The van der Waals surface area contributed by atoms with Gasteiger partial charge in [-0.2, -0.15) is 0 Å². The predicted octanol–water partition coefficient (Wildman–Crippen LogP) is 4.46. The van der Waals surface area contributed by atoms with Crippen LogP contribution in [-0.2, 0) is 22.5 Å². The molecule has 2 aromatic rings. The van der Waals surface area contributed by atoms with E-state index in [0.29, 0.717) is 6.73 Å². The summed E-state index contributed by atoms with van der Waals surface area (Å²) < 4.78 is 23.2. The van der Waals surface area contributed by atoms with Gasteiger partial charge in [0.1, 0.15) is 6.73 Å². The standard InChI is InChI=1S/C19H33N3O2SSi/c1-15(21-25(23)19(2,3)4)16-8-9-17-18(12-16)22(13-20-17)14-24-10-11-26(5,6)7/h8-9,12-13,15,21H,10-11,14H2,1-7H3/t15-,25+/m1/s1. The van der Waals surface area contributed by atoms with E-state index >= 15 is 0 Å². The lowest BCUT2D eigenvalue weighted by Gasteiger charge is -2.22. The maximum Gasteiger partial charge on any atom is 0.124 e. The fraction of sp³-hybridized carbons (Fsp3) is 0.632. The van der Waals surface area contributed by atoms with Crippen LogP contribution in [0.3, 0.4) is 0 Å². The van der Waals surface area contributed by atoms with E-state index in [2.05, 4.69) is 35.4 Å². The molecule has 0 aliphatic carbocycles. The summed E-state index contributed by atoms with van der Waals surface area (Å²) in [4.78, 5) is 4.46. The quantitative estimate of drug-likeness (QED) is 0.530. The van der Waals surface area contributed by atoms with E-state index in [1.807, 2.05) is 50.7 Å². The van der Waals surface area contributed by atoms with Crippen LogP contribution in [0.25, 0.3) is 11.0 Å². The summed E-state index contributed by atoms with van der Waals surface area (Å²) >= 11 is 0. The van der Waals surface area contributed by atoms with E-state index in [4.69, 9.17) is 4.74 Å². The lowest BCUT2D eigenvalue weighted by Crippen LogP contribution is -2.34. The molecule has 0 radical (unpaired) electrons. The number of aromatic nitrogens is 2. The maximum absolute atomic E-state index is 12.3. The molecule has 2 rings (SSSR count). The third kappa shape index (κ3) is 6.01. The Bertz CT molecular complexity index is 762. The molecule has 146 valence electrons. The number of ether oxygens (including phenoxy) is 1. The van der Waals surface area contributed by atoms with Crippen LogP contribution in [0.4, 0.5) is 0 Å². The smallest absolute Gasteiger partial charge is 0.124 e. The number of imidazole rings is 1. The van der Waals surface area contributed by atoms with Gasteiger partial charge >= 0.3 is 0 Å². The minimum absolute atomic E-state index is 0.00406. The topological polar surface area (TPSA) is 56.2 Å². The van der Waals surface area contributed by atoms with Crippen molar-refractivity contribution in [1.82, 2.24) is 14.3 Å². The number of fused-ring (bicyclic) bond motifs is 1. The van der Waals surface area contributed by atoms with Gasteiger partial charge in [-0.25, -0.2) is 13.9 Å². The normalized spacial score (nSPS) is 15.3. The monoisotopic (exact) mass is 395 g/mol. The van der Waals surface area contributed by atoms with Crippen molar-refractivity contribution in [2.24, 2.45) is 0 Å². The summed E-state index contributed by atoms with van der Waals surface area (Å²) in [5, 5.41) is 0. The third-order valence-electron chi connectivity index (χ3n) is 4.21. The van der Waals surface area contributed by atoms with Crippen LogP contribution in [0.5, 0.6) is 0 Å². The molecule has 0 aliphatic heterocycles. The van der Waals surface area contributed by atoms with Crippen molar-refractivity contribution in [3.63, 3.8) is 0 Å². The first kappa shape index (κ1) is 21.3. The van der Waals surface area contributed by atoms with Crippen molar-refractivity contribution in [2.75, 3.05) is 6.61 Å². The molecule has 1 N–H and O–H groups in total. The van der Waals surface area contributed by atoms with Crippen LogP contribution in [0.15, 0.2) is 24.5 Å².